The molecule has 1 aromatic carbocycles. The molecule has 0 aliphatic carbocycles. The Hall–Kier alpha value is -1.62. The minimum atomic E-state index is -0.564. The van der Waals surface area contributed by atoms with Crippen LogP contribution in [0.5, 0.6) is 0 Å². The van der Waals surface area contributed by atoms with E-state index in [1.54, 1.807) is 12.1 Å². The minimum absolute atomic E-state index is 0.267. The molecule has 1 aliphatic rings. The first kappa shape index (κ1) is 15.8. The zero-order valence-electron chi connectivity index (χ0n) is 12.7. The van der Waals surface area contributed by atoms with Crippen LogP contribution in [0.25, 0.3) is 0 Å². The number of rotatable bonds is 5. The number of anilines is 2. The van der Waals surface area contributed by atoms with Crippen molar-refractivity contribution in [3.63, 3.8) is 0 Å². The highest BCUT2D eigenvalue weighted by molar-refractivity contribution is 5.94. The van der Waals surface area contributed by atoms with Crippen LogP contribution in [0, 0.1) is 11.7 Å². The first-order chi connectivity index (χ1) is 9.97. The van der Waals surface area contributed by atoms with Crippen molar-refractivity contribution in [1.82, 2.24) is 0 Å². The SMILES string of the molecule is CC(C)CC(N)C(=O)Nc1ccc(N2CCCC2)c(F)c1. The second kappa shape index (κ2) is 6.89. The highest BCUT2D eigenvalue weighted by atomic mass is 19.1. The summed E-state index contributed by atoms with van der Waals surface area (Å²) in [6, 6.07) is 4.26. The Kier molecular flexibility index (Phi) is 5.17. The van der Waals surface area contributed by atoms with Crippen LogP contribution in [0.1, 0.15) is 33.1 Å². The first-order valence-corrected chi connectivity index (χ1v) is 7.58. The summed E-state index contributed by atoms with van der Waals surface area (Å²) in [6.45, 7) is 5.80. The normalized spacial score (nSPS) is 16.3. The highest BCUT2D eigenvalue weighted by Crippen LogP contribution is 2.26. The fourth-order valence-electron chi connectivity index (χ4n) is 2.65. The quantitative estimate of drug-likeness (QED) is 0.877. The molecule has 2 rings (SSSR count). The largest absolute Gasteiger partial charge is 0.369 e. The Morgan fingerprint density at radius 2 is 2.05 bits per heavy atom. The van der Waals surface area contributed by atoms with Crippen molar-refractivity contribution < 1.29 is 9.18 Å². The van der Waals surface area contributed by atoms with Gasteiger partial charge in [0.15, 0.2) is 0 Å². The lowest BCUT2D eigenvalue weighted by Gasteiger charge is -2.19. The number of carbonyl (C=O) groups excluding carboxylic acids is 1. The van der Waals surface area contributed by atoms with Crippen molar-refractivity contribution in [1.29, 1.82) is 0 Å². The molecule has 21 heavy (non-hydrogen) atoms. The summed E-state index contributed by atoms with van der Waals surface area (Å²) in [4.78, 5) is 14.0. The van der Waals surface area contributed by atoms with Gasteiger partial charge < -0.3 is 16.0 Å². The van der Waals surface area contributed by atoms with E-state index in [0.29, 0.717) is 23.7 Å². The average Bonchev–Trinajstić information content (AvgIpc) is 2.91. The molecule has 1 fully saturated rings. The third-order valence-electron chi connectivity index (χ3n) is 3.72. The topological polar surface area (TPSA) is 58.4 Å². The second-order valence-electron chi connectivity index (χ2n) is 6.09. The van der Waals surface area contributed by atoms with Crippen molar-refractivity contribution in [3.8, 4) is 0 Å². The van der Waals surface area contributed by atoms with Crippen LogP contribution in [-0.2, 0) is 4.79 Å². The molecule has 0 saturated carbocycles. The number of hydrogen-bond acceptors (Lipinski definition) is 3. The van der Waals surface area contributed by atoms with E-state index < -0.39 is 6.04 Å². The Balaban J connectivity index is 2.01. The van der Waals surface area contributed by atoms with E-state index in [2.05, 4.69) is 5.32 Å². The number of benzene rings is 1. The van der Waals surface area contributed by atoms with Gasteiger partial charge in [-0.3, -0.25) is 4.79 Å². The maximum absolute atomic E-state index is 14.1. The molecule has 1 amide bonds. The van der Waals surface area contributed by atoms with Gasteiger partial charge in [-0.1, -0.05) is 13.8 Å². The van der Waals surface area contributed by atoms with Gasteiger partial charge >= 0.3 is 0 Å². The maximum Gasteiger partial charge on any atom is 0.241 e. The molecule has 0 aromatic heterocycles. The Labute approximate surface area is 125 Å². The predicted molar refractivity (Wildman–Crippen MR) is 83.9 cm³/mol. The van der Waals surface area contributed by atoms with Crippen LogP contribution in [0.3, 0.4) is 0 Å². The van der Waals surface area contributed by atoms with E-state index in [1.807, 2.05) is 18.7 Å². The van der Waals surface area contributed by atoms with Crippen molar-refractivity contribution >= 4 is 17.3 Å². The van der Waals surface area contributed by atoms with Gasteiger partial charge in [0.05, 0.1) is 11.7 Å². The van der Waals surface area contributed by atoms with Gasteiger partial charge in [0.2, 0.25) is 5.91 Å². The lowest BCUT2D eigenvalue weighted by molar-refractivity contribution is -0.117. The van der Waals surface area contributed by atoms with Gasteiger partial charge in [-0.05, 0) is 43.4 Å². The monoisotopic (exact) mass is 293 g/mol. The number of hydrogen-bond donors (Lipinski definition) is 2. The van der Waals surface area contributed by atoms with Crippen LogP contribution in [0.2, 0.25) is 0 Å². The molecule has 1 heterocycles. The van der Waals surface area contributed by atoms with Crippen LogP contribution < -0.4 is 16.0 Å². The smallest absolute Gasteiger partial charge is 0.241 e. The summed E-state index contributed by atoms with van der Waals surface area (Å²) >= 11 is 0. The molecule has 0 spiro atoms. The summed E-state index contributed by atoms with van der Waals surface area (Å²) in [7, 11) is 0. The zero-order valence-corrected chi connectivity index (χ0v) is 12.7. The van der Waals surface area contributed by atoms with Crippen molar-refractivity contribution in [2.75, 3.05) is 23.3 Å². The van der Waals surface area contributed by atoms with Crippen molar-refractivity contribution in [3.05, 3.63) is 24.0 Å². The Morgan fingerprint density at radius 1 is 1.38 bits per heavy atom. The lowest BCUT2D eigenvalue weighted by Crippen LogP contribution is -2.36. The average molecular weight is 293 g/mol. The molecule has 116 valence electrons. The summed E-state index contributed by atoms with van der Waals surface area (Å²) in [5.74, 6) is -0.218. The van der Waals surface area contributed by atoms with Gasteiger partial charge in [-0.2, -0.15) is 0 Å². The molecular weight excluding hydrogens is 269 g/mol. The van der Waals surface area contributed by atoms with E-state index in [0.717, 1.165) is 25.9 Å². The standard InChI is InChI=1S/C16H24FN3O/c1-11(2)9-14(18)16(21)19-12-5-6-15(13(17)10-12)20-7-3-4-8-20/h5-6,10-11,14H,3-4,7-9,18H2,1-2H3,(H,19,21). The molecule has 0 bridgehead atoms. The van der Waals surface area contributed by atoms with Gasteiger partial charge in [-0.15, -0.1) is 0 Å². The van der Waals surface area contributed by atoms with Crippen LogP contribution in [0.15, 0.2) is 18.2 Å². The van der Waals surface area contributed by atoms with E-state index in [1.165, 1.54) is 6.07 Å². The van der Waals surface area contributed by atoms with Crippen molar-refractivity contribution in [2.24, 2.45) is 11.7 Å². The van der Waals surface area contributed by atoms with Gasteiger partial charge in [0.25, 0.3) is 0 Å². The second-order valence-corrected chi connectivity index (χ2v) is 6.09. The molecule has 3 N–H and O–H groups in total. The third-order valence-corrected chi connectivity index (χ3v) is 3.72. The van der Waals surface area contributed by atoms with E-state index in [4.69, 9.17) is 5.73 Å². The van der Waals surface area contributed by atoms with Gasteiger partial charge in [-0.25, -0.2) is 4.39 Å². The number of nitrogens with two attached hydrogens (primary N) is 1. The van der Waals surface area contributed by atoms with Crippen LogP contribution >= 0.6 is 0 Å². The predicted octanol–water partition coefficient (Wildman–Crippen LogP) is 2.74. The fourth-order valence-corrected chi connectivity index (χ4v) is 2.65. The van der Waals surface area contributed by atoms with E-state index in [9.17, 15) is 9.18 Å². The molecule has 1 aromatic rings. The third kappa shape index (κ3) is 4.17. The van der Waals surface area contributed by atoms with Gasteiger partial charge in [0, 0.05) is 18.8 Å². The summed E-state index contributed by atoms with van der Waals surface area (Å²) in [5, 5.41) is 2.68. The molecule has 1 atom stereocenters. The van der Waals surface area contributed by atoms with Crippen molar-refractivity contribution in [2.45, 2.75) is 39.2 Å². The van der Waals surface area contributed by atoms with E-state index in [-0.39, 0.29) is 11.7 Å². The first-order valence-electron chi connectivity index (χ1n) is 7.58. The number of nitrogens with zero attached hydrogens (tertiary/aromatic N) is 1. The molecule has 4 nitrogen and oxygen atoms in total. The highest BCUT2D eigenvalue weighted by Gasteiger charge is 2.18. The summed E-state index contributed by atoms with van der Waals surface area (Å²) in [6.07, 6.45) is 2.81. The molecule has 1 unspecified atom stereocenters. The molecule has 1 saturated heterocycles. The van der Waals surface area contributed by atoms with Gasteiger partial charge in [0.1, 0.15) is 5.82 Å². The lowest BCUT2D eigenvalue weighted by atomic mass is 10.0. The summed E-state index contributed by atoms with van der Waals surface area (Å²) in [5.41, 5.74) is 6.89. The maximum atomic E-state index is 14.1. The number of carbonyl (C=O) groups is 1. The summed E-state index contributed by atoms with van der Waals surface area (Å²) < 4.78 is 14.1. The molecular formula is C16H24FN3O. The Bertz CT molecular complexity index is 498. The molecule has 1 aliphatic heterocycles. The Morgan fingerprint density at radius 3 is 2.62 bits per heavy atom. The molecule has 0 radical (unpaired) electrons. The zero-order chi connectivity index (χ0) is 15.4. The number of halogens is 1. The number of amides is 1. The number of nitrogens with one attached hydrogen (secondary N) is 1. The van der Waals surface area contributed by atoms with E-state index >= 15 is 0 Å². The van der Waals surface area contributed by atoms with Crippen LogP contribution in [-0.4, -0.2) is 25.0 Å². The fraction of sp³-hybridized carbons (Fsp3) is 0.562. The minimum Gasteiger partial charge on any atom is -0.369 e. The molecule has 5 heteroatoms. The van der Waals surface area contributed by atoms with Crippen LogP contribution in [0.4, 0.5) is 15.8 Å².